The van der Waals surface area contributed by atoms with Crippen molar-refractivity contribution in [3.05, 3.63) is 66.2 Å². The number of hydrogen-bond acceptors (Lipinski definition) is 4. The zero-order valence-electron chi connectivity index (χ0n) is 17.0. The van der Waals surface area contributed by atoms with E-state index in [0.29, 0.717) is 25.9 Å². The number of rotatable bonds is 7. The van der Waals surface area contributed by atoms with Crippen LogP contribution in [0.1, 0.15) is 25.3 Å². The molecular formula is C22H27N3O4S. The van der Waals surface area contributed by atoms with E-state index in [4.69, 9.17) is 0 Å². The van der Waals surface area contributed by atoms with Gasteiger partial charge in [0.25, 0.3) is 0 Å². The zero-order chi connectivity index (χ0) is 21.6. The normalized spacial score (nSPS) is 18.4. The molecule has 1 saturated heterocycles. The lowest BCUT2D eigenvalue weighted by molar-refractivity contribution is -0.131. The molecule has 1 fully saturated rings. The zero-order valence-corrected chi connectivity index (χ0v) is 17.8. The van der Waals surface area contributed by atoms with E-state index in [2.05, 4.69) is 10.6 Å². The van der Waals surface area contributed by atoms with Crippen LogP contribution in [0.15, 0.2) is 65.6 Å². The van der Waals surface area contributed by atoms with Crippen molar-refractivity contribution in [3.63, 3.8) is 0 Å². The highest BCUT2D eigenvalue weighted by atomic mass is 32.2. The Kier molecular flexibility index (Phi) is 7.23. The van der Waals surface area contributed by atoms with Gasteiger partial charge in [0.2, 0.25) is 21.8 Å². The predicted molar refractivity (Wildman–Crippen MR) is 114 cm³/mol. The highest BCUT2D eigenvalue weighted by Gasteiger charge is 2.34. The summed E-state index contributed by atoms with van der Waals surface area (Å²) in [5, 5.41) is 5.53. The van der Waals surface area contributed by atoms with Crippen LogP contribution < -0.4 is 10.6 Å². The first-order valence-electron chi connectivity index (χ1n) is 10.0. The number of benzene rings is 2. The fourth-order valence-electron chi connectivity index (χ4n) is 3.45. The van der Waals surface area contributed by atoms with Crippen LogP contribution in [0.25, 0.3) is 0 Å². The number of hydrogen-bond donors (Lipinski definition) is 2. The van der Waals surface area contributed by atoms with Gasteiger partial charge in [-0.1, -0.05) is 48.5 Å². The molecule has 7 nitrogen and oxygen atoms in total. The molecule has 2 amide bonds. The van der Waals surface area contributed by atoms with Crippen molar-refractivity contribution in [2.75, 3.05) is 13.1 Å². The topological polar surface area (TPSA) is 95.6 Å². The third-order valence-corrected chi connectivity index (χ3v) is 7.08. The van der Waals surface area contributed by atoms with Crippen LogP contribution in [0, 0.1) is 5.92 Å². The SMILES string of the molecule is C[C@H](NC(=O)[C@@H]1CCCN(S(=O)(=O)c2ccccc2)C1)C(=O)NCc1ccccc1. The van der Waals surface area contributed by atoms with Gasteiger partial charge in [-0.25, -0.2) is 8.42 Å². The summed E-state index contributed by atoms with van der Waals surface area (Å²) in [4.78, 5) is 25.2. The number of sulfonamides is 1. The molecule has 0 radical (unpaired) electrons. The number of nitrogens with one attached hydrogen (secondary N) is 2. The summed E-state index contributed by atoms with van der Waals surface area (Å²) in [6, 6.07) is 17.0. The molecule has 1 aliphatic heterocycles. The summed E-state index contributed by atoms with van der Waals surface area (Å²) in [5.74, 6) is -1.07. The summed E-state index contributed by atoms with van der Waals surface area (Å²) in [7, 11) is -3.64. The van der Waals surface area contributed by atoms with E-state index in [9.17, 15) is 18.0 Å². The average molecular weight is 430 g/mol. The third kappa shape index (κ3) is 5.46. The number of amides is 2. The van der Waals surface area contributed by atoms with E-state index in [0.717, 1.165) is 5.56 Å². The van der Waals surface area contributed by atoms with Gasteiger partial charge in [0, 0.05) is 19.6 Å². The molecule has 1 heterocycles. The first kappa shape index (κ1) is 22.0. The van der Waals surface area contributed by atoms with Gasteiger partial charge in [-0.05, 0) is 37.5 Å². The average Bonchev–Trinajstić information content (AvgIpc) is 2.78. The molecule has 2 aromatic rings. The Morgan fingerprint density at radius 3 is 2.37 bits per heavy atom. The lowest BCUT2D eigenvalue weighted by atomic mass is 9.98. The minimum Gasteiger partial charge on any atom is -0.350 e. The predicted octanol–water partition coefficient (Wildman–Crippen LogP) is 1.91. The van der Waals surface area contributed by atoms with Crippen molar-refractivity contribution < 1.29 is 18.0 Å². The van der Waals surface area contributed by atoms with Crippen molar-refractivity contribution >= 4 is 21.8 Å². The van der Waals surface area contributed by atoms with Crippen LogP contribution in [-0.4, -0.2) is 43.7 Å². The molecule has 0 bridgehead atoms. The Balaban J connectivity index is 1.55. The third-order valence-electron chi connectivity index (χ3n) is 5.20. The molecule has 2 aromatic carbocycles. The Hall–Kier alpha value is -2.71. The van der Waals surface area contributed by atoms with Crippen molar-refractivity contribution in [1.82, 2.24) is 14.9 Å². The quantitative estimate of drug-likeness (QED) is 0.703. The summed E-state index contributed by atoms with van der Waals surface area (Å²) >= 11 is 0. The van der Waals surface area contributed by atoms with E-state index in [-0.39, 0.29) is 23.3 Å². The van der Waals surface area contributed by atoms with Crippen LogP contribution in [0.5, 0.6) is 0 Å². The van der Waals surface area contributed by atoms with Crippen molar-refractivity contribution in [1.29, 1.82) is 0 Å². The van der Waals surface area contributed by atoms with Crippen LogP contribution >= 0.6 is 0 Å². The van der Waals surface area contributed by atoms with Gasteiger partial charge in [-0.15, -0.1) is 0 Å². The fourth-order valence-corrected chi connectivity index (χ4v) is 5.00. The van der Waals surface area contributed by atoms with Crippen molar-refractivity contribution in [2.24, 2.45) is 5.92 Å². The van der Waals surface area contributed by atoms with E-state index >= 15 is 0 Å². The van der Waals surface area contributed by atoms with E-state index in [1.165, 1.54) is 4.31 Å². The Morgan fingerprint density at radius 1 is 1.07 bits per heavy atom. The molecule has 0 aliphatic carbocycles. The number of carbonyl (C=O) groups is 2. The summed E-state index contributed by atoms with van der Waals surface area (Å²) in [5.41, 5.74) is 0.971. The second-order valence-electron chi connectivity index (χ2n) is 7.45. The molecule has 0 spiro atoms. The number of piperidine rings is 1. The summed E-state index contributed by atoms with van der Waals surface area (Å²) in [6.07, 6.45) is 1.18. The smallest absolute Gasteiger partial charge is 0.243 e. The molecule has 0 saturated carbocycles. The van der Waals surface area contributed by atoms with Gasteiger partial charge in [-0.3, -0.25) is 9.59 Å². The second kappa shape index (κ2) is 9.86. The van der Waals surface area contributed by atoms with Gasteiger partial charge >= 0.3 is 0 Å². The van der Waals surface area contributed by atoms with Crippen LogP contribution in [0.3, 0.4) is 0 Å². The Bertz CT molecular complexity index is 964. The van der Waals surface area contributed by atoms with Crippen molar-refractivity contribution in [2.45, 2.75) is 37.2 Å². The lowest BCUT2D eigenvalue weighted by Gasteiger charge is -2.31. The van der Waals surface area contributed by atoms with Crippen LogP contribution in [0.4, 0.5) is 0 Å². The van der Waals surface area contributed by atoms with Crippen molar-refractivity contribution in [3.8, 4) is 0 Å². The molecule has 0 aromatic heterocycles. The van der Waals surface area contributed by atoms with Gasteiger partial charge in [0.1, 0.15) is 6.04 Å². The summed E-state index contributed by atoms with van der Waals surface area (Å²) in [6.45, 7) is 2.50. The Labute approximate surface area is 177 Å². The number of carbonyl (C=O) groups excluding carboxylic acids is 2. The molecule has 8 heteroatoms. The minimum atomic E-state index is -3.64. The minimum absolute atomic E-state index is 0.113. The highest BCUT2D eigenvalue weighted by molar-refractivity contribution is 7.89. The maximum atomic E-state index is 12.8. The van der Waals surface area contributed by atoms with Crippen LogP contribution in [-0.2, 0) is 26.2 Å². The van der Waals surface area contributed by atoms with E-state index in [1.807, 2.05) is 30.3 Å². The van der Waals surface area contributed by atoms with E-state index < -0.39 is 22.0 Å². The second-order valence-corrected chi connectivity index (χ2v) is 9.39. The van der Waals surface area contributed by atoms with Gasteiger partial charge in [0.15, 0.2) is 0 Å². The lowest BCUT2D eigenvalue weighted by Crippen LogP contribution is -2.50. The van der Waals surface area contributed by atoms with Gasteiger partial charge in [-0.2, -0.15) is 4.31 Å². The standard InChI is InChI=1S/C22H27N3O4S/c1-17(21(26)23-15-18-9-4-2-5-10-18)24-22(27)19-11-8-14-25(16-19)30(28,29)20-12-6-3-7-13-20/h2-7,9-10,12-13,17,19H,8,11,14-16H2,1H3,(H,23,26)(H,24,27)/t17-,19+/m0/s1. The molecule has 0 unspecified atom stereocenters. The number of nitrogens with zero attached hydrogens (tertiary/aromatic N) is 1. The first-order chi connectivity index (χ1) is 14.4. The molecular weight excluding hydrogens is 402 g/mol. The monoisotopic (exact) mass is 429 g/mol. The van der Waals surface area contributed by atoms with Gasteiger partial charge in [0.05, 0.1) is 10.8 Å². The maximum Gasteiger partial charge on any atom is 0.243 e. The summed E-state index contributed by atoms with van der Waals surface area (Å²) < 4.78 is 27.0. The maximum absolute atomic E-state index is 12.8. The fraction of sp³-hybridized carbons (Fsp3) is 0.364. The first-order valence-corrected chi connectivity index (χ1v) is 11.5. The van der Waals surface area contributed by atoms with E-state index in [1.54, 1.807) is 37.3 Å². The van der Waals surface area contributed by atoms with Gasteiger partial charge < -0.3 is 10.6 Å². The molecule has 1 aliphatic rings. The highest BCUT2D eigenvalue weighted by Crippen LogP contribution is 2.23. The molecule has 2 atom stereocenters. The Morgan fingerprint density at radius 2 is 1.70 bits per heavy atom. The molecule has 3 rings (SSSR count). The molecule has 2 N–H and O–H groups in total. The molecule has 30 heavy (non-hydrogen) atoms. The van der Waals surface area contributed by atoms with Crippen LogP contribution in [0.2, 0.25) is 0 Å². The molecule has 160 valence electrons. The largest absolute Gasteiger partial charge is 0.350 e.